The van der Waals surface area contributed by atoms with E-state index in [1.807, 2.05) is 24.6 Å². The van der Waals surface area contributed by atoms with Gasteiger partial charge in [0.1, 0.15) is 17.4 Å². The van der Waals surface area contributed by atoms with E-state index in [0.717, 1.165) is 17.5 Å². The lowest BCUT2D eigenvalue weighted by Crippen LogP contribution is -2.33. The second-order valence-electron chi connectivity index (χ2n) is 7.21. The fourth-order valence-electron chi connectivity index (χ4n) is 3.59. The summed E-state index contributed by atoms with van der Waals surface area (Å²) in [6.45, 7) is 4.67. The predicted molar refractivity (Wildman–Crippen MR) is 102 cm³/mol. The topological polar surface area (TPSA) is 83.6 Å². The Kier molecular flexibility index (Phi) is 5.00. The standard InChI is InChI=1S/C21H22N2O5/c1-13(2)23-17(9-10-22-23)20-16(4-3-11-26-20)21(25)27-15-7-5-14-6-8-19(24)28-18(14)12-15/h5-10,12-13,16,20H,3-4,11H2,1-2H3/t16-,20-/m1/s1. The van der Waals surface area contributed by atoms with Gasteiger partial charge in [-0.2, -0.15) is 5.10 Å². The van der Waals surface area contributed by atoms with Gasteiger partial charge in [-0.3, -0.25) is 9.48 Å². The van der Waals surface area contributed by atoms with Crippen LogP contribution in [-0.2, 0) is 9.53 Å². The highest BCUT2D eigenvalue weighted by Crippen LogP contribution is 2.35. The van der Waals surface area contributed by atoms with Crippen LogP contribution in [0.15, 0.2) is 51.8 Å². The summed E-state index contributed by atoms with van der Waals surface area (Å²) >= 11 is 0. The Labute approximate surface area is 161 Å². The predicted octanol–water partition coefficient (Wildman–Crippen LogP) is 3.64. The molecule has 0 aliphatic carbocycles. The molecule has 0 bridgehead atoms. The molecule has 1 aliphatic heterocycles. The molecule has 2 atom stereocenters. The van der Waals surface area contributed by atoms with Crippen LogP contribution in [-0.4, -0.2) is 22.4 Å². The second kappa shape index (κ2) is 7.59. The number of fused-ring (bicyclic) bond motifs is 1. The van der Waals surface area contributed by atoms with Crippen LogP contribution >= 0.6 is 0 Å². The number of nitrogens with zero attached hydrogens (tertiary/aromatic N) is 2. The van der Waals surface area contributed by atoms with Crippen LogP contribution in [0, 0.1) is 5.92 Å². The molecule has 146 valence electrons. The number of esters is 1. The molecule has 0 radical (unpaired) electrons. The Morgan fingerprint density at radius 3 is 2.89 bits per heavy atom. The van der Waals surface area contributed by atoms with E-state index >= 15 is 0 Å². The summed E-state index contributed by atoms with van der Waals surface area (Å²) in [5.74, 6) is -0.450. The zero-order valence-electron chi connectivity index (χ0n) is 15.8. The third kappa shape index (κ3) is 3.57. The van der Waals surface area contributed by atoms with Crippen molar-refractivity contribution in [3.8, 4) is 5.75 Å². The van der Waals surface area contributed by atoms with Crippen LogP contribution in [0.1, 0.15) is 44.5 Å². The van der Waals surface area contributed by atoms with Gasteiger partial charge in [0.2, 0.25) is 0 Å². The highest BCUT2D eigenvalue weighted by Gasteiger charge is 2.36. The number of hydrogen-bond donors (Lipinski definition) is 0. The third-order valence-electron chi connectivity index (χ3n) is 4.92. The molecule has 7 nitrogen and oxygen atoms in total. The molecule has 1 fully saturated rings. The summed E-state index contributed by atoms with van der Waals surface area (Å²) in [5.41, 5.74) is 0.812. The van der Waals surface area contributed by atoms with Gasteiger partial charge < -0.3 is 13.9 Å². The number of benzene rings is 1. The van der Waals surface area contributed by atoms with E-state index in [0.29, 0.717) is 24.4 Å². The van der Waals surface area contributed by atoms with E-state index in [-0.39, 0.29) is 12.0 Å². The summed E-state index contributed by atoms with van der Waals surface area (Å²) in [5, 5.41) is 5.12. The highest BCUT2D eigenvalue weighted by molar-refractivity contribution is 5.80. The number of ether oxygens (including phenoxy) is 2. The fourth-order valence-corrected chi connectivity index (χ4v) is 3.59. The van der Waals surface area contributed by atoms with Gasteiger partial charge in [0.05, 0.1) is 11.6 Å². The molecular formula is C21H22N2O5. The van der Waals surface area contributed by atoms with Gasteiger partial charge >= 0.3 is 11.6 Å². The molecule has 0 N–H and O–H groups in total. The molecule has 0 saturated carbocycles. The molecule has 4 rings (SSSR count). The Balaban J connectivity index is 1.59. The molecule has 2 aromatic heterocycles. The van der Waals surface area contributed by atoms with Crippen molar-refractivity contribution in [1.29, 1.82) is 0 Å². The Bertz CT molecular complexity index is 1050. The van der Waals surface area contributed by atoms with Crippen molar-refractivity contribution in [3.63, 3.8) is 0 Å². The van der Waals surface area contributed by atoms with E-state index in [9.17, 15) is 9.59 Å². The maximum absolute atomic E-state index is 12.9. The fraction of sp³-hybridized carbons (Fsp3) is 0.381. The molecule has 0 unspecified atom stereocenters. The van der Waals surface area contributed by atoms with Crippen molar-refractivity contribution in [2.24, 2.45) is 5.92 Å². The zero-order valence-corrected chi connectivity index (χ0v) is 15.8. The van der Waals surface area contributed by atoms with Crippen molar-refractivity contribution in [3.05, 3.63) is 58.7 Å². The molecule has 1 aliphatic rings. The van der Waals surface area contributed by atoms with Crippen molar-refractivity contribution in [1.82, 2.24) is 9.78 Å². The first-order valence-electron chi connectivity index (χ1n) is 9.43. The monoisotopic (exact) mass is 382 g/mol. The minimum Gasteiger partial charge on any atom is -0.426 e. The van der Waals surface area contributed by atoms with Crippen molar-refractivity contribution >= 4 is 16.9 Å². The van der Waals surface area contributed by atoms with Gasteiger partial charge in [0, 0.05) is 36.4 Å². The minimum absolute atomic E-state index is 0.163. The zero-order chi connectivity index (χ0) is 19.7. The van der Waals surface area contributed by atoms with Crippen LogP contribution in [0.3, 0.4) is 0 Å². The van der Waals surface area contributed by atoms with E-state index in [2.05, 4.69) is 5.10 Å². The second-order valence-corrected chi connectivity index (χ2v) is 7.21. The highest BCUT2D eigenvalue weighted by atomic mass is 16.5. The van der Waals surface area contributed by atoms with Crippen LogP contribution in [0.4, 0.5) is 0 Å². The number of aromatic nitrogens is 2. The average molecular weight is 382 g/mol. The lowest BCUT2D eigenvalue weighted by atomic mass is 9.92. The molecular weight excluding hydrogens is 360 g/mol. The summed E-state index contributed by atoms with van der Waals surface area (Å²) < 4.78 is 18.6. The minimum atomic E-state index is -0.446. The van der Waals surface area contributed by atoms with Crippen LogP contribution in [0.25, 0.3) is 11.0 Å². The quantitative estimate of drug-likeness (QED) is 0.389. The van der Waals surface area contributed by atoms with Crippen molar-refractivity contribution in [2.75, 3.05) is 6.61 Å². The summed E-state index contributed by atoms with van der Waals surface area (Å²) in [4.78, 5) is 24.4. The Morgan fingerprint density at radius 2 is 2.07 bits per heavy atom. The van der Waals surface area contributed by atoms with Gasteiger partial charge in [-0.1, -0.05) is 0 Å². The molecule has 3 aromatic rings. The van der Waals surface area contributed by atoms with Crippen molar-refractivity contribution in [2.45, 2.75) is 38.8 Å². The van der Waals surface area contributed by atoms with E-state index in [1.165, 1.54) is 6.07 Å². The molecule has 1 aromatic carbocycles. The number of carbonyl (C=O) groups is 1. The molecule has 28 heavy (non-hydrogen) atoms. The SMILES string of the molecule is CC(C)n1nccc1[C@@H]1OCCC[C@H]1C(=O)Oc1ccc2ccc(=O)oc2c1. The number of carbonyl (C=O) groups excluding carboxylic acids is 1. The van der Waals surface area contributed by atoms with Gasteiger partial charge in [0.25, 0.3) is 0 Å². The first-order chi connectivity index (χ1) is 13.5. The first kappa shape index (κ1) is 18.4. The molecule has 0 spiro atoms. The van der Waals surface area contributed by atoms with Gasteiger partial charge in [-0.15, -0.1) is 0 Å². The van der Waals surface area contributed by atoms with Gasteiger partial charge in [-0.25, -0.2) is 4.79 Å². The number of hydrogen-bond acceptors (Lipinski definition) is 6. The third-order valence-corrected chi connectivity index (χ3v) is 4.92. The smallest absolute Gasteiger partial charge is 0.336 e. The van der Waals surface area contributed by atoms with Gasteiger partial charge in [0.15, 0.2) is 0 Å². The summed E-state index contributed by atoms with van der Waals surface area (Å²) in [7, 11) is 0. The van der Waals surface area contributed by atoms with E-state index < -0.39 is 17.6 Å². The largest absolute Gasteiger partial charge is 0.426 e. The van der Waals surface area contributed by atoms with Gasteiger partial charge in [-0.05, 0) is 51.0 Å². The molecule has 1 saturated heterocycles. The average Bonchev–Trinajstić information content (AvgIpc) is 3.17. The lowest BCUT2D eigenvalue weighted by Gasteiger charge is -2.31. The normalized spacial score (nSPS) is 19.8. The summed E-state index contributed by atoms with van der Waals surface area (Å²) in [6.07, 6.45) is 2.79. The number of rotatable bonds is 4. The molecule has 7 heteroatoms. The lowest BCUT2D eigenvalue weighted by molar-refractivity contribution is -0.149. The van der Waals surface area contributed by atoms with E-state index in [1.54, 1.807) is 30.5 Å². The summed E-state index contributed by atoms with van der Waals surface area (Å²) in [6, 6.07) is 10.1. The van der Waals surface area contributed by atoms with Crippen LogP contribution in [0.2, 0.25) is 0 Å². The van der Waals surface area contributed by atoms with Crippen LogP contribution in [0.5, 0.6) is 5.75 Å². The molecule has 0 amide bonds. The van der Waals surface area contributed by atoms with Crippen LogP contribution < -0.4 is 10.4 Å². The Morgan fingerprint density at radius 1 is 1.25 bits per heavy atom. The van der Waals surface area contributed by atoms with E-state index in [4.69, 9.17) is 13.9 Å². The first-order valence-corrected chi connectivity index (χ1v) is 9.43. The van der Waals surface area contributed by atoms with Crippen molar-refractivity contribution < 1.29 is 18.7 Å². The molecule has 3 heterocycles. The maximum atomic E-state index is 12.9. The Hall–Kier alpha value is -2.93. The maximum Gasteiger partial charge on any atom is 0.336 e.